The number of carbonyl (C=O) groups excluding carboxylic acids is 2. The zero-order valence-corrected chi connectivity index (χ0v) is 41.3. The summed E-state index contributed by atoms with van der Waals surface area (Å²) < 4.78 is 11.6. The third-order valence-corrected chi connectivity index (χ3v) is 16.8. The van der Waals surface area contributed by atoms with Crippen LogP contribution < -0.4 is 0 Å². The number of allylic oxidation sites excluding steroid dienone is 1. The molecule has 0 saturated heterocycles. The van der Waals surface area contributed by atoms with Crippen LogP contribution in [0.25, 0.3) is 0 Å². The zero-order valence-electron chi connectivity index (χ0n) is 41.3. The average Bonchev–Trinajstić information content (AvgIpc) is 3.60. The van der Waals surface area contributed by atoms with Gasteiger partial charge in [0, 0.05) is 45.4 Å². The van der Waals surface area contributed by atoms with Gasteiger partial charge < -0.3 is 19.7 Å². The maximum Gasteiger partial charge on any atom is 0.306 e. The second kappa shape index (κ2) is 28.5. The van der Waals surface area contributed by atoms with Gasteiger partial charge in [0.05, 0.1) is 19.8 Å². The van der Waals surface area contributed by atoms with Gasteiger partial charge in [-0.2, -0.15) is 0 Å². The minimum Gasteiger partial charge on any atom is -0.466 e. The number of nitrogens with zero attached hydrogens (tertiary/aromatic N) is 2. The first-order chi connectivity index (χ1) is 29.9. The summed E-state index contributed by atoms with van der Waals surface area (Å²) in [4.78, 5) is 29.8. The van der Waals surface area contributed by atoms with Crippen molar-refractivity contribution in [2.75, 3.05) is 59.1 Å². The number of esters is 2. The van der Waals surface area contributed by atoms with Crippen LogP contribution >= 0.6 is 0 Å². The predicted octanol–water partition coefficient (Wildman–Crippen LogP) is 11.9. The van der Waals surface area contributed by atoms with Gasteiger partial charge in [-0.15, -0.1) is 0 Å². The third-order valence-electron chi connectivity index (χ3n) is 16.8. The van der Waals surface area contributed by atoms with Crippen molar-refractivity contribution in [3.05, 3.63) is 11.6 Å². The van der Waals surface area contributed by atoms with Crippen LogP contribution in [0.15, 0.2) is 11.6 Å². The molecule has 2 N–H and O–H groups in total. The van der Waals surface area contributed by atoms with Crippen molar-refractivity contribution in [2.45, 2.75) is 215 Å². The predicted molar refractivity (Wildman–Crippen MR) is 256 cm³/mol. The molecule has 0 aromatic rings. The largest absolute Gasteiger partial charge is 0.466 e. The standard InChI is InChI=1S/C54H98N2O6/c1-7-8-9-10-11-12-19-41-61-51(59)23-15-13-17-33-55(37-39-57)35-36-56(38-40-58)34-18-14-16-24-52(60)62-46-29-31-53(5)45(42-46)25-26-47-49-28-27-48(44(4)22-20-21-43(2)3)54(49,6)32-30-50(47)53/h25,43-44,46-50,57-58H,7-24,26-42H2,1-6H3. The molecular formula is C54H98N2O6. The lowest BCUT2D eigenvalue weighted by Gasteiger charge is -2.58. The van der Waals surface area contributed by atoms with Crippen molar-refractivity contribution >= 4 is 11.9 Å². The second-order valence-electron chi connectivity index (χ2n) is 21.7. The molecule has 0 aliphatic heterocycles. The highest BCUT2D eigenvalue weighted by atomic mass is 16.5. The molecule has 360 valence electrons. The molecule has 8 heteroatoms. The number of aliphatic hydroxyl groups excluding tert-OH is 2. The minimum absolute atomic E-state index is 0.0257. The summed E-state index contributed by atoms with van der Waals surface area (Å²) in [5.74, 6) is 4.92. The van der Waals surface area contributed by atoms with Crippen LogP contribution in [0.2, 0.25) is 0 Å². The Morgan fingerprint density at radius 2 is 1.32 bits per heavy atom. The molecule has 4 aliphatic carbocycles. The van der Waals surface area contributed by atoms with Crippen molar-refractivity contribution in [2.24, 2.45) is 46.3 Å². The van der Waals surface area contributed by atoms with Gasteiger partial charge >= 0.3 is 11.9 Å². The van der Waals surface area contributed by atoms with Crippen LogP contribution in [0.5, 0.6) is 0 Å². The molecule has 0 bridgehead atoms. The molecule has 0 radical (unpaired) electrons. The summed E-state index contributed by atoms with van der Waals surface area (Å²) in [5.41, 5.74) is 2.38. The molecule has 4 aliphatic rings. The molecule has 0 aromatic heterocycles. The van der Waals surface area contributed by atoms with Gasteiger partial charge in [0.2, 0.25) is 0 Å². The number of hydrogen-bond donors (Lipinski definition) is 2. The van der Waals surface area contributed by atoms with Crippen molar-refractivity contribution in [1.29, 1.82) is 0 Å². The van der Waals surface area contributed by atoms with Crippen LogP contribution in [0.3, 0.4) is 0 Å². The maximum atomic E-state index is 13.1. The Kier molecular flexibility index (Phi) is 24.5. The van der Waals surface area contributed by atoms with Crippen LogP contribution in [0.1, 0.15) is 208 Å². The lowest BCUT2D eigenvalue weighted by molar-refractivity contribution is -0.151. The molecule has 3 saturated carbocycles. The lowest BCUT2D eigenvalue weighted by atomic mass is 9.47. The van der Waals surface area contributed by atoms with Gasteiger partial charge in [-0.25, -0.2) is 0 Å². The molecular weight excluding hydrogens is 773 g/mol. The first-order valence-corrected chi connectivity index (χ1v) is 26.7. The van der Waals surface area contributed by atoms with E-state index >= 15 is 0 Å². The first-order valence-electron chi connectivity index (χ1n) is 26.7. The van der Waals surface area contributed by atoms with E-state index in [2.05, 4.69) is 57.4 Å². The van der Waals surface area contributed by atoms with Crippen molar-refractivity contribution in [3.63, 3.8) is 0 Å². The maximum absolute atomic E-state index is 13.1. The lowest BCUT2D eigenvalue weighted by Crippen LogP contribution is -2.51. The van der Waals surface area contributed by atoms with Crippen LogP contribution in [-0.4, -0.2) is 97.1 Å². The molecule has 0 aromatic carbocycles. The Morgan fingerprint density at radius 1 is 0.694 bits per heavy atom. The van der Waals surface area contributed by atoms with Gasteiger partial charge in [0.25, 0.3) is 0 Å². The van der Waals surface area contributed by atoms with E-state index in [0.717, 1.165) is 132 Å². The highest BCUT2D eigenvalue weighted by molar-refractivity contribution is 5.69. The SMILES string of the molecule is CCCCCCCCCOC(=O)CCCCCN(CCO)CCN(CCO)CCCCCC(=O)OC1CCC2(C)C(=CCC3C2CCC2(C)C(C(C)CCCC(C)C)CCC32)C1. The average molecular weight is 871 g/mol. The summed E-state index contributed by atoms with van der Waals surface area (Å²) in [6, 6.07) is 0. The number of fused-ring (bicyclic) bond motifs is 5. The molecule has 0 amide bonds. The number of carbonyl (C=O) groups is 2. The van der Waals surface area contributed by atoms with Crippen molar-refractivity contribution < 1.29 is 29.3 Å². The fourth-order valence-corrected chi connectivity index (χ4v) is 13.1. The van der Waals surface area contributed by atoms with E-state index in [9.17, 15) is 19.8 Å². The van der Waals surface area contributed by atoms with Crippen molar-refractivity contribution in [1.82, 2.24) is 9.80 Å². The number of rotatable bonds is 33. The molecule has 0 spiro atoms. The number of hydrogen-bond acceptors (Lipinski definition) is 8. The first kappa shape index (κ1) is 53.1. The zero-order chi connectivity index (χ0) is 44.8. The summed E-state index contributed by atoms with van der Waals surface area (Å²) >= 11 is 0. The molecule has 62 heavy (non-hydrogen) atoms. The Labute approximate surface area is 381 Å². The highest BCUT2D eigenvalue weighted by Crippen LogP contribution is 2.67. The Hall–Kier alpha value is -1.48. The summed E-state index contributed by atoms with van der Waals surface area (Å²) in [6.07, 6.45) is 31.8. The monoisotopic (exact) mass is 871 g/mol. The van der Waals surface area contributed by atoms with Gasteiger partial charge in [-0.05, 0) is 136 Å². The van der Waals surface area contributed by atoms with Gasteiger partial charge in [0.15, 0.2) is 0 Å². The topological polar surface area (TPSA) is 99.5 Å². The van der Waals surface area contributed by atoms with Gasteiger partial charge in [0.1, 0.15) is 6.10 Å². The van der Waals surface area contributed by atoms with Crippen LogP contribution in [0.4, 0.5) is 0 Å². The van der Waals surface area contributed by atoms with Gasteiger partial charge in [-0.3, -0.25) is 19.4 Å². The van der Waals surface area contributed by atoms with E-state index in [1.807, 2.05) is 0 Å². The molecule has 8 unspecified atom stereocenters. The quantitative estimate of drug-likeness (QED) is 0.0382. The molecule has 3 fully saturated rings. The Balaban J connectivity index is 1.08. The molecule has 4 rings (SSSR count). The summed E-state index contributed by atoms with van der Waals surface area (Å²) in [5, 5.41) is 19.5. The minimum atomic E-state index is -0.0766. The third kappa shape index (κ3) is 16.7. The summed E-state index contributed by atoms with van der Waals surface area (Å²) in [7, 11) is 0. The molecule has 8 atom stereocenters. The van der Waals surface area contributed by atoms with E-state index in [4.69, 9.17) is 9.47 Å². The smallest absolute Gasteiger partial charge is 0.306 e. The number of ether oxygens (including phenoxy) is 2. The number of unbranched alkanes of at least 4 members (excludes halogenated alkanes) is 10. The Bertz CT molecular complexity index is 1290. The van der Waals surface area contributed by atoms with Crippen LogP contribution in [0, 0.1) is 46.3 Å². The fraction of sp³-hybridized carbons (Fsp3) is 0.926. The fourth-order valence-electron chi connectivity index (χ4n) is 13.1. The molecule has 0 heterocycles. The highest BCUT2D eigenvalue weighted by Gasteiger charge is 2.59. The molecule has 8 nitrogen and oxygen atoms in total. The van der Waals surface area contributed by atoms with E-state index in [1.54, 1.807) is 5.57 Å². The van der Waals surface area contributed by atoms with E-state index < -0.39 is 0 Å². The van der Waals surface area contributed by atoms with Gasteiger partial charge in [-0.1, -0.05) is 124 Å². The second-order valence-corrected chi connectivity index (χ2v) is 21.7. The van der Waals surface area contributed by atoms with E-state index in [-0.39, 0.29) is 36.7 Å². The summed E-state index contributed by atoms with van der Waals surface area (Å²) in [6.45, 7) is 20.3. The van der Waals surface area contributed by atoms with Crippen LogP contribution in [-0.2, 0) is 19.1 Å². The van der Waals surface area contributed by atoms with E-state index in [1.165, 1.54) is 83.5 Å². The van der Waals surface area contributed by atoms with Crippen molar-refractivity contribution in [3.8, 4) is 0 Å². The normalized spacial score (nSPS) is 27.5. The number of aliphatic hydroxyl groups is 2. The van der Waals surface area contributed by atoms with E-state index in [0.29, 0.717) is 38.0 Å². The Morgan fingerprint density at radius 3 is 1.97 bits per heavy atom.